The first-order valence-electron chi connectivity index (χ1n) is 12.6. The molecule has 206 valence electrons. The molecular weight excluding hydrogens is 531 g/mol. The number of ether oxygens (including phenoxy) is 1. The Labute approximate surface area is 224 Å². The Bertz CT molecular complexity index is 1750. The number of carbonyl (C=O) groups is 1. The van der Waals surface area contributed by atoms with Crippen molar-refractivity contribution >= 4 is 5.91 Å². The lowest BCUT2D eigenvalue weighted by Crippen LogP contribution is -2.51. The monoisotopic (exact) mass is 553 g/mol. The molecule has 0 N–H and O–H groups in total. The Morgan fingerprint density at radius 2 is 1.90 bits per heavy atom. The lowest BCUT2D eigenvalue weighted by Gasteiger charge is -2.42. The first-order chi connectivity index (χ1) is 19.2. The lowest BCUT2D eigenvalue weighted by atomic mass is 9.79. The standard InChI is InChI=1S/C28H22F3N3O6/c1-14-21(40-28(37)39-14)13-38-26-20(35)12-32-34-24(19-9-4-10-33(19)27(36)25(26)34)22(15-5-2-6-16(29)11-15)17-7-3-8-18(30)23(17)31/h2-3,5-8,11-12,19,22,24H,4,9-10,13H2,1H3/t19-,22-,24-/m1/s1. The number of aryl methyl sites for hydroxylation is 1. The number of amides is 1. The maximum absolute atomic E-state index is 15.4. The number of carbonyl (C=O) groups excluding carboxylic acids is 1. The van der Waals surface area contributed by atoms with Crippen molar-refractivity contribution in [1.29, 1.82) is 0 Å². The number of aromatic nitrogens is 2. The highest BCUT2D eigenvalue weighted by Gasteiger charge is 2.49. The molecule has 3 atom stereocenters. The third kappa shape index (κ3) is 4.19. The fourth-order valence-electron chi connectivity index (χ4n) is 5.74. The Kier molecular flexibility index (Phi) is 6.32. The highest BCUT2D eigenvalue weighted by atomic mass is 19.2. The first-order valence-corrected chi connectivity index (χ1v) is 12.6. The van der Waals surface area contributed by atoms with Gasteiger partial charge in [-0.1, -0.05) is 24.3 Å². The van der Waals surface area contributed by atoms with E-state index in [0.717, 1.165) is 12.3 Å². The molecule has 1 saturated heterocycles. The second kappa shape index (κ2) is 9.85. The number of halogens is 3. The van der Waals surface area contributed by atoms with Crippen LogP contribution < -0.4 is 16.0 Å². The van der Waals surface area contributed by atoms with E-state index in [2.05, 4.69) is 5.10 Å². The van der Waals surface area contributed by atoms with Crippen LogP contribution in [0.5, 0.6) is 5.75 Å². The summed E-state index contributed by atoms with van der Waals surface area (Å²) in [7, 11) is 0. The molecule has 2 aromatic heterocycles. The Morgan fingerprint density at radius 3 is 2.65 bits per heavy atom. The van der Waals surface area contributed by atoms with Crippen molar-refractivity contribution in [3.8, 4) is 5.75 Å². The van der Waals surface area contributed by atoms with E-state index >= 15 is 4.39 Å². The van der Waals surface area contributed by atoms with Crippen molar-refractivity contribution in [1.82, 2.24) is 14.7 Å². The van der Waals surface area contributed by atoms with Gasteiger partial charge in [-0.2, -0.15) is 5.10 Å². The van der Waals surface area contributed by atoms with Crippen LogP contribution in [-0.2, 0) is 6.61 Å². The van der Waals surface area contributed by atoms with Crippen molar-refractivity contribution in [2.45, 2.75) is 44.4 Å². The molecule has 1 fully saturated rings. The van der Waals surface area contributed by atoms with Gasteiger partial charge in [0.05, 0.1) is 18.3 Å². The molecule has 0 saturated carbocycles. The normalized spacial score (nSPS) is 18.9. The van der Waals surface area contributed by atoms with Crippen LogP contribution in [0.2, 0.25) is 0 Å². The van der Waals surface area contributed by atoms with Crippen LogP contribution in [0.15, 0.2) is 67.1 Å². The van der Waals surface area contributed by atoms with Gasteiger partial charge in [-0.15, -0.1) is 0 Å². The molecule has 0 aliphatic carbocycles. The van der Waals surface area contributed by atoms with Gasteiger partial charge >= 0.3 is 5.82 Å². The van der Waals surface area contributed by atoms with Gasteiger partial charge in [0.1, 0.15) is 12.4 Å². The molecule has 40 heavy (non-hydrogen) atoms. The van der Waals surface area contributed by atoms with Gasteiger partial charge in [0, 0.05) is 18.0 Å². The second-order valence-corrected chi connectivity index (χ2v) is 9.73. The second-order valence-electron chi connectivity index (χ2n) is 9.73. The molecule has 0 spiro atoms. The fourth-order valence-corrected chi connectivity index (χ4v) is 5.74. The number of hydrogen-bond donors (Lipinski definition) is 0. The summed E-state index contributed by atoms with van der Waals surface area (Å²) in [6.45, 7) is 1.43. The summed E-state index contributed by atoms with van der Waals surface area (Å²) in [5.74, 6) is -5.42. The third-order valence-corrected chi connectivity index (χ3v) is 7.46. The first kappa shape index (κ1) is 25.7. The van der Waals surface area contributed by atoms with Crippen LogP contribution >= 0.6 is 0 Å². The van der Waals surface area contributed by atoms with Crippen molar-refractivity contribution in [2.24, 2.45) is 0 Å². The van der Waals surface area contributed by atoms with Gasteiger partial charge < -0.3 is 18.5 Å². The zero-order valence-electron chi connectivity index (χ0n) is 21.1. The molecule has 0 unspecified atom stereocenters. The molecular formula is C28H22F3N3O6. The molecule has 9 nitrogen and oxygen atoms in total. The van der Waals surface area contributed by atoms with Crippen molar-refractivity contribution in [3.05, 3.63) is 115 Å². The Hall–Kier alpha value is -4.61. The molecule has 2 aliphatic rings. The number of fused-ring (bicyclic) bond motifs is 2. The quantitative estimate of drug-likeness (QED) is 0.354. The van der Waals surface area contributed by atoms with E-state index in [0.29, 0.717) is 24.9 Å². The van der Waals surface area contributed by atoms with Crippen LogP contribution in [0.3, 0.4) is 0 Å². The van der Waals surface area contributed by atoms with Gasteiger partial charge in [-0.25, -0.2) is 18.0 Å². The number of benzene rings is 2. The van der Waals surface area contributed by atoms with E-state index in [1.165, 1.54) is 41.9 Å². The summed E-state index contributed by atoms with van der Waals surface area (Å²) in [5.41, 5.74) is -0.627. The average Bonchev–Trinajstić information content (AvgIpc) is 3.54. The predicted molar refractivity (Wildman–Crippen MR) is 133 cm³/mol. The minimum absolute atomic E-state index is 0.0262. The van der Waals surface area contributed by atoms with E-state index in [-0.39, 0.29) is 28.5 Å². The van der Waals surface area contributed by atoms with Gasteiger partial charge in [0.15, 0.2) is 34.6 Å². The summed E-state index contributed by atoms with van der Waals surface area (Å²) in [5, 5.41) is 4.27. The van der Waals surface area contributed by atoms with Crippen LogP contribution in [0, 0.1) is 24.4 Å². The van der Waals surface area contributed by atoms with Crippen molar-refractivity contribution < 1.29 is 31.5 Å². The summed E-state index contributed by atoms with van der Waals surface area (Å²) in [6.07, 6.45) is 2.09. The highest BCUT2D eigenvalue weighted by Crippen LogP contribution is 2.46. The summed E-state index contributed by atoms with van der Waals surface area (Å²) in [4.78, 5) is 39.7. The summed E-state index contributed by atoms with van der Waals surface area (Å²) in [6, 6.07) is 7.90. The Balaban J connectivity index is 1.56. The summed E-state index contributed by atoms with van der Waals surface area (Å²) >= 11 is 0. The number of nitrogens with zero attached hydrogens (tertiary/aromatic N) is 3. The Morgan fingerprint density at radius 1 is 1.10 bits per heavy atom. The smallest absolute Gasteiger partial charge is 0.479 e. The van der Waals surface area contributed by atoms with E-state index < -0.39 is 59.2 Å². The average molecular weight is 553 g/mol. The van der Waals surface area contributed by atoms with E-state index in [4.69, 9.17) is 13.6 Å². The molecule has 4 heterocycles. The van der Waals surface area contributed by atoms with Gasteiger partial charge in [-0.05, 0) is 43.5 Å². The minimum atomic E-state index is -1.11. The van der Waals surface area contributed by atoms with Crippen molar-refractivity contribution in [2.75, 3.05) is 6.54 Å². The number of hydrogen-bond acceptors (Lipinski definition) is 7. The SMILES string of the molecule is Cc1oc(=O)oc1COc1c2n(ncc1=O)[C@@H]([C@H](c1cccc(F)c1)c1cccc(F)c1F)[C@H]1CCCN1C2=O. The van der Waals surface area contributed by atoms with E-state index in [1.54, 1.807) is 11.0 Å². The van der Waals surface area contributed by atoms with E-state index in [1.807, 2.05) is 0 Å². The predicted octanol–water partition coefficient (Wildman–Crippen LogP) is 4.09. The van der Waals surface area contributed by atoms with Crippen LogP contribution in [0.25, 0.3) is 0 Å². The molecule has 0 bridgehead atoms. The molecule has 4 aromatic rings. The largest absolute Gasteiger partial charge is 0.519 e. The molecule has 2 aliphatic heterocycles. The topological polar surface area (TPSA) is 108 Å². The van der Waals surface area contributed by atoms with Crippen LogP contribution in [0.1, 0.15) is 57.9 Å². The molecule has 12 heteroatoms. The van der Waals surface area contributed by atoms with E-state index in [9.17, 15) is 23.2 Å². The third-order valence-electron chi connectivity index (χ3n) is 7.46. The zero-order valence-corrected chi connectivity index (χ0v) is 21.1. The van der Waals surface area contributed by atoms with Crippen molar-refractivity contribution in [3.63, 3.8) is 0 Å². The zero-order chi connectivity index (χ0) is 28.1. The summed E-state index contributed by atoms with van der Waals surface area (Å²) < 4.78 is 61.2. The maximum atomic E-state index is 15.4. The molecule has 2 aromatic carbocycles. The van der Waals surface area contributed by atoms with Crippen LogP contribution in [-0.4, -0.2) is 33.2 Å². The molecule has 6 rings (SSSR count). The minimum Gasteiger partial charge on any atom is -0.479 e. The molecule has 1 amide bonds. The highest BCUT2D eigenvalue weighted by molar-refractivity contribution is 5.96. The van der Waals surface area contributed by atoms with Gasteiger partial charge in [-0.3, -0.25) is 14.3 Å². The number of rotatable bonds is 6. The van der Waals surface area contributed by atoms with Crippen LogP contribution in [0.4, 0.5) is 13.2 Å². The maximum Gasteiger partial charge on any atom is 0.519 e. The lowest BCUT2D eigenvalue weighted by molar-refractivity contribution is 0.0558. The molecule has 0 radical (unpaired) electrons. The van der Waals surface area contributed by atoms with Gasteiger partial charge in [0.2, 0.25) is 5.43 Å². The fraction of sp³-hybridized carbons (Fsp3) is 0.286. The van der Waals surface area contributed by atoms with Gasteiger partial charge in [0.25, 0.3) is 5.91 Å².